The molecule has 0 saturated heterocycles. The van der Waals surface area contributed by atoms with Crippen molar-refractivity contribution in [1.82, 2.24) is 0 Å². The van der Waals surface area contributed by atoms with Crippen molar-refractivity contribution in [2.24, 2.45) is 4.99 Å². The Labute approximate surface area is 197 Å². The maximum atomic E-state index is 12.2. The highest BCUT2D eigenvalue weighted by Crippen LogP contribution is 2.23. The summed E-state index contributed by atoms with van der Waals surface area (Å²) in [7, 11) is 0. The molecule has 3 aromatic carbocycles. The molecule has 5 nitrogen and oxygen atoms in total. The molecule has 31 heavy (non-hydrogen) atoms. The molecule has 0 unspecified atom stereocenters. The van der Waals surface area contributed by atoms with Crippen LogP contribution in [0.5, 0.6) is 5.75 Å². The summed E-state index contributed by atoms with van der Waals surface area (Å²) in [4.78, 5) is 28.7. The predicted molar refractivity (Wildman–Crippen MR) is 127 cm³/mol. The average molecular weight is 544 g/mol. The van der Waals surface area contributed by atoms with Crippen molar-refractivity contribution in [2.75, 3.05) is 0 Å². The van der Waals surface area contributed by atoms with Crippen LogP contribution >= 0.6 is 34.2 Å². The highest BCUT2D eigenvalue weighted by atomic mass is 127. The van der Waals surface area contributed by atoms with Gasteiger partial charge in [0.2, 0.25) is 5.90 Å². The zero-order valence-corrected chi connectivity index (χ0v) is 19.2. The topological polar surface area (TPSA) is 65.0 Å². The van der Waals surface area contributed by atoms with E-state index in [1.165, 1.54) is 0 Å². The second-order valence-corrected chi connectivity index (χ2v) is 8.36. The molecule has 7 heteroatoms. The Balaban J connectivity index is 1.49. The third kappa shape index (κ3) is 5.03. The Morgan fingerprint density at radius 1 is 1.06 bits per heavy atom. The van der Waals surface area contributed by atoms with Gasteiger partial charge in [-0.1, -0.05) is 23.7 Å². The van der Waals surface area contributed by atoms with Gasteiger partial charge in [0, 0.05) is 14.2 Å². The first-order valence-corrected chi connectivity index (χ1v) is 10.7. The van der Waals surface area contributed by atoms with Crippen molar-refractivity contribution >= 4 is 58.1 Å². The average Bonchev–Trinajstić information content (AvgIpc) is 3.12. The largest absolute Gasteiger partial charge is 0.423 e. The molecule has 0 saturated carbocycles. The molecule has 0 N–H and O–H groups in total. The van der Waals surface area contributed by atoms with Gasteiger partial charge in [0.1, 0.15) is 5.75 Å². The number of halogens is 2. The van der Waals surface area contributed by atoms with Gasteiger partial charge in [0.25, 0.3) is 0 Å². The third-order valence-electron chi connectivity index (χ3n) is 4.50. The molecular formula is C24H15ClINO4. The van der Waals surface area contributed by atoms with Gasteiger partial charge >= 0.3 is 11.9 Å². The van der Waals surface area contributed by atoms with Gasteiger partial charge in [-0.25, -0.2) is 14.6 Å². The number of hydrogen-bond acceptors (Lipinski definition) is 5. The number of esters is 2. The Morgan fingerprint density at radius 2 is 1.77 bits per heavy atom. The monoisotopic (exact) mass is 543 g/mol. The Kier molecular flexibility index (Phi) is 6.20. The molecule has 0 aliphatic carbocycles. The number of carbonyl (C=O) groups is 2. The third-order valence-corrected chi connectivity index (χ3v) is 5.96. The Bertz CT molecular complexity index is 1230. The van der Waals surface area contributed by atoms with E-state index in [2.05, 4.69) is 27.6 Å². The van der Waals surface area contributed by atoms with Crippen molar-refractivity contribution < 1.29 is 19.1 Å². The molecule has 1 aliphatic heterocycles. The smallest absolute Gasteiger partial charge is 0.363 e. The molecule has 0 atom stereocenters. The molecule has 0 radical (unpaired) electrons. The number of rotatable bonds is 4. The fourth-order valence-electron chi connectivity index (χ4n) is 2.85. The maximum absolute atomic E-state index is 12.2. The molecule has 0 aromatic heterocycles. The summed E-state index contributed by atoms with van der Waals surface area (Å²) in [6.07, 6.45) is 1.62. The van der Waals surface area contributed by atoms with Gasteiger partial charge in [0.15, 0.2) is 5.70 Å². The first kappa shape index (κ1) is 21.3. The van der Waals surface area contributed by atoms with E-state index in [0.29, 0.717) is 16.3 Å². The number of nitrogens with zero attached hydrogens (tertiary/aromatic N) is 1. The van der Waals surface area contributed by atoms with Crippen LogP contribution in [0.3, 0.4) is 0 Å². The molecule has 3 aromatic rings. The normalized spacial score (nSPS) is 14.4. The van der Waals surface area contributed by atoms with Crippen LogP contribution in [0, 0.1) is 10.5 Å². The minimum Gasteiger partial charge on any atom is -0.423 e. The number of carbonyl (C=O) groups excluding carboxylic acids is 2. The van der Waals surface area contributed by atoms with Crippen LogP contribution in [-0.2, 0) is 9.53 Å². The minimum absolute atomic E-state index is 0.206. The zero-order valence-electron chi connectivity index (χ0n) is 16.3. The van der Waals surface area contributed by atoms with E-state index in [1.54, 1.807) is 54.6 Å². The standard InChI is InChI=1S/C24H15ClINO4/c1-14-12-17(6-11-20(14)26)22-27-21(24(29)31-22)13-15-2-9-19(10-3-15)30-23(28)16-4-7-18(25)8-5-16/h2-13H,1H3/b21-13-. The molecule has 0 amide bonds. The number of aryl methyl sites for hydroxylation is 1. The van der Waals surface area contributed by atoms with Crippen molar-refractivity contribution in [2.45, 2.75) is 6.92 Å². The second kappa shape index (κ2) is 9.03. The van der Waals surface area contributed by atoms with Gasteiger partial charge in [-0.05, 0) is 101 Å². The summed E-state index contributed by atoms with van der Waals surface area (Å²) in [6.45, 7) is 1.99. The molecule has 4 rings (SSSR count). The van der Waals surface area contributed by atoms with Crippen molar-refractivity contribution in [3.8, 4) is 5.75 Å². The van der Waals surface area contributed by atoms with Gasteiger partial charge in [-0.2, -0.15) is 0 Å². The lowest BCUT2D eigenvalue weighted by Crippen LogP contribution is -2.08. The fraction of sp³-hybridized carbons (Fsp3) is 0.0417. The van der Waals surface area contributed by atoms with Crippen LogP contribution in [0.1, 0.15) is 27.0 Å². The predicted octanol–water partition coefficient (Wildman–Crippen LogP) is 5.82. The lowest BCUT2D eigenvalue weighted by Gasteiger charge is -2.05. The van der Waals surface area contributed by atoms with Crippen LogP contribution in [0.15, 0.2) is 77.4 Å². The number of aliphatic imine (C=N–C) groups is 1. The van der Waals surface area contributed by atoms with Crippen LogP contribution < -0.4 is 4.74 Å². The van der Waals surface area contributed by atoms with Crippen LogP contribution in [0.25, 0.3) is 6.08 Å². The molecule has 0 spiro atoms. The zero-order chi connectivity index (χ0) is 22.0. The number of hydrogen-bond donors (Lipinski definition) is 0. The number of ether oxygens (including phenoxy) is 2. The molecular weight excluding hydrogens is 529 g/mol. The van der Waals surface area contributed by atoms with Gasteiger partial charge in [0.05, 0.1) is 5.56 Å². The van der Waals surface area contributed by atoms with Crippen LogP contribution in [0.4, 0.5) is 0 Å². The van der Waals surface area contributed by atoms with Crippen molar-refractivity contribution in [1.29, 1.82) is 0 Å². The van der Waals surface area contributed by atoms with E-state index in [-0.39, 0.29) is 11.6 Å². The summed E-state index contributed by atoms with van der Waals surface area (Å²) >= 11 is 8.08. The molecule has 1 aliphatic rings. The van der Waals surface area contributed by atoms with Gasteiger partial charge in [-0.3, -0.25) is 0 Å². The quantitative estimate of drug-likeness (QED) is 0.180. The van der Waals surface area contributed by atoms with Crippen molar-refractivity contribution in [3.05, 3.63) is 103 Å². The maximum Gasteiger partial charge on any atom is 0.363 e. The van der Waals surface area contributed by atoms with E-state index in [0.717, 1.165) is 20.3 Å². The Morgan fingerprint density at radius 3 is 2.45 bits per heavy atom. The second-order valence-electron chi connectivity index (χ2n) is 6.77. The van der Waals surface area contributed by atoms with E-state index >= 15 is 0 Å². The van der Waals surface area contributed by atoms with Crippen LogP contribution in [-0.4, -0.2) is 17.8 Å². The lowest BCUT2D eigenvalue weighted by atomic mass is 10.1. The molecule has 0 fully saturated rings. The summed E-state index contributed by atoms with van der Waals surface area (Å²) in [5, 5.41) is 0.544. The van der Waals surface area contributed by atoms with E-state index < -0.39 is 11.9 Å². The van der Waals surface area contributed by atoms with Gasteiger partial charge in [-0.15, -0.1) is 0 Å². The molecule has 0 bridgehead atoms. The SMILES string of the molecule is Cc1cc(C2=N/C(=C\c3ccc(OC(=O)c4ccc(Cl)cc4)cc3)C(=O)O2)ccc1I. The molecule has 154 valence electrons. The van der Waals surface area contributed by atoms with Gasteiger partial charge < -0.3 is 9.47 Å². The highest BCUT2D eigenvalue weighted by molar-refractivity contribution is 14.1. The molecule has 1 heterocycles. The number of benzene rings is 3. The summed E-state index contributed by atoms with van der Waals surface area (Å²) in [6, 6.07) is 18.9. The first-order chi connectivity index (χ1) is 14.9. The first-order valence-electron chi connectivity index (χ1n) is 9.26. The minimum atomic E-state index is -0.510. The fourth-order valence-corrected chi connectivity index (χ4v) is 3.31. The highest BCUT2D eigenvalue weighted by Gasteiger charge is 2.24. The number of cyclic esters (lactones) is 1. The van der Waals surface area contributed by atoms with Crippen LogP contribution in [0.2, 0.25) is 5.02 Å². The summed E-state index contributed by atoms with van der Waals surface area (Å²) < 4.78 is 11.8. The van der Waals surface area contributed by atoms with Crippen molar-refractivity contribution in [3.63, 3.8) is 0 Å². The summed E-state index contributed by atoms with van der Waals surface area (Å²) in [5.41, 5.74) is 3.16. The Hall–Kier alpha value is -2.97. The van der Waals surface area contributed by atoms with E-state index in [4.69, 9.17) is 21.1 Å². The summed E-state index contributed by atoms with van der Waals surface area (Å²) in [5.74, 6) is -0.326. The van der Waals surface area contributed by atoms with E-state index in [1.807, 2.05) is 25.1 Å². The van der Waals surface area contributed by atoms with E-state index in [9.17, 15) is 9.59 Å². The lowest BCUT2D eigenvalue weighted by molar-refractivity contribution is -0.129.